The molecule has 5 rings (SSSR count). The number of alkyl halides is 2. The lowest BCUT2D eigenvalue weighted by Gasteiger charge is -2.31. The monoisotopic (exact) mass is 538 g/mol. The zero-order chi connectivity index (χ0) is 26.2. The fourth-order valence-electron chi connectivity index (χ4n) is 4.55. The van der Waals surface area contributed by atoms with Crippen LogP contribution in [0.15, 0.2) is 18.2 Å². The number of hydrogen-bond acceptors (Lipinski definition) is 10. The Balaban J connectivity index is 1.55. The van der Waals surface area contributed by atoms with E-state index in [2.05, 4.69) is 25.3 Å². The maximum Gasteiger partial charge on any atom is 0.296 e. The van der Waals surface area contributed by atoms with Gasteiger partial charge in [-0.1, -0.05) is 6.07 Å². The lowest BCUT2D eigenvalue weighted by Crippen LogP contribution is -2.42. The molecule has 0 bridgehead atoms. The summed E-state index contributed by atoms with van der Waals surface area (Å²) in [6, 6.07) is 4.90. The third-order valence-electron chi connectivity index (χ3n) is 6.45. The SMILES string of the molecule is COc1cccc2c1nc(C(F)F)n2-c1nc(NC2CCN(S(C)(=O)=O)CC2)nc(N2CCOCC2)n1. The zero-order valence-corrected chi connectivity index (χ0v) is 21.3. The first kappa shape index (κ1) is 25.5. The molecule has 0 amide bonds. The number of nitrogens with one attached hydrogen (secondary N) is 1. The van der Waals surface area contributed by atoms with E-state index >= 15 is 0 Å². The van der Waals surface area contributed by atoms with Gasteiger partial charge in [0.2, 0.25) is 27.9 Å². The van der Waals surface area contributed by atoms with Gasteiger partial charge in [0.25, 0.3) is 6.43 Å². The number of hydrogen-bond donors (Lipinski definition) is 1. The highest BCUT2D eigenvalue weighted by Gasteiger charge is 2.28. The van der Waals surface area contributed by atoms with E-state index in [9.17, 15) is 17.2 Å². The Hall–Kier alpha value is -3.17. The van der Waals surface area contributed by atoms with E-state index in [1.807, 2.05) is 4.90 Å². The van der Waals surface area contributed by atoms with Crippen LogP contribution in [0.4, 0.5) is 20.7 Å². The van der Waals surface area contributed by atoms with Crippen molar-refractivity contribution in [3.63, 3.8) is 0 Å². The quantitative estimate of drug-likeness (QED) is 0.476. The molecule has 0 atom stereocenters. The second kappa shape index (κ2) is 10.3. The molecule has 200 valence electrons. The minimum atomic E-state index is -3.27. The number of sulfonamides is 1. The predicted molar refractivity (Wildman–Crippen MR) is 132 cm³/mol. The number of nitrogens with zero attached hydrogens (tertiary/aromatic N) is 7. The van der Waals surface area contributed by atoms with Crippen molar-refractivity contribution in [1.29, 1.82) is 0 Å². The average Bonchev–Trinajstić information content (AvgIpc) is 3.29. The van der Waals surface area contributed by atoms with E-state index in [1.54, 1.807) is 18.2 Å². The zero-order valence-electron chi connectivity index (χ0n) is 20.5. The molecule has 2 aliphatic rings. The first-order chi connectivity index (χ1) is 17.7. The van der Waals surface area contributed by atoms with Gasteiger partial charge in [0.05, 0.1) is 32.1 Å². The number of para-hydroxylation sites is 1. The molecule has 0 spiro atoms. The Morgan fingerprint density at radius 1 is 1.05 bits per heavy atom. The van der Waals surface area contributed by atoms with Crippen LogP contribution in [0, 0.1) is 0 Å². The Labute approximate surface area is 212 Å². The number of benzene rings is 1. The Morgan fingerprint density at radius 2 is 1.76 bits per heavy atom. The molecule has 0 aliphatic carbocycles. The molecule has 2 aliphatic heterocycles. The Kier molecular flexibility index (Phi) is 7.09. The van der Waals surface area contributed by atoms with E-state index in [1.165, 1.54) is 22.2 Å². The topological polar surface area (TPSA) is 128 Å². The van der Waals surface area contributed by atoms with Crippen LogP contribution in [0.25, 0.3) is 17.0 Å². The highest BCUT2D eigenvalue weighted by molar-refractivity contribution is 7.88. The van der Waals surface area contributed by atoms with Gasteiger partial charge in [-0.05, 0) is 25.0 Å². The van der Waals surface area contributed by atoms with Crippen molar-refractivity contribution in [3.8, 4) is 11.7 Å². The molecule has 2 fully saturated rings. The number of aromatic nitrogens is 5. The summed E-state index contributed by atoms with van der Waals surface area (Å²) in [5, 5.41) is 3.27. The van der Waals surface area contributed by atoms with Crippen molar-refractivity contribution in [2.45, 2.75) is 25.3 Å². The number of imidazole rings is 1. The Bertz CT molecular complexity index is 1370. The summed E-state index contributed by atoms with van der Waals surface area (Å²) in [5.41, 5.74) is 0.650. The summed E-state index contributed by atoms with van der Waals surface area (Å²) in [5.74, 6) is 0.393. The maximum absolute atomic E-state index is 14.2. The summed E-state index contributed by atoms with van der Waals surface area (Å²) in [6.45, 7) is 2.78. The van der Waals surface area contributed by atoms with Crippen LogP contribution in [-0.4, -0.2) is 96.0 Å². The van der Waals surface area contributed by atoms with Gasteiger partial charge in [0.15, 0.2) is 5.82 Å². The van der Waals surface area contributed by atoms with Gasteiger partial charge < -0.3 is 19.7 Å². The van der Waals surface area contributed by atoms with Crippen LogP contribution in [-0.2, 0) is 14.8 Å². The molecular weight excluding hydrogens is 510 g/mol. The molecule has 2 aromatic heterocycles. The molecule has 12 nitrogen and oxygen atoms in total. The third kappa shape index (κ3) is 5.29. The van der Waals surface area contributed by atoms with Gasteiger partial charge in [-0.3, -0.25) is 4.57 Å². The minimum Gasteiger partial charge on any atom is -0.494 e. The van der Waals surface area contributed by atoms with E-state index in [0.29, 0.717) is 69.4 Å². The summed E-state index contributed by atoms with van der Waals surface area (Å²) < 4.78 is 65.5. The van der Waals surface area contributed by atoms with Gasteiger partial charge in [-0.15, -0.1) is 0 Å². The minimum absolute atomic E-state index is 0.00128. The second-order valence-electron chi connectivity index (χ2n) is 8.87. The largest absolute Gasteiger partial charge is 0.494 e. The van der Waals surface area contributed by atoms with Gasteiger partial charge in [0.1, 0.15) is 11.3 Å². The van der Waals surface area contributed by atoms with E-state index in [0.717, 1.165) is 0 Å². The van der Waals surface area contributed by atoms with Gasteiger partial charge in [0, 0.05) is 32.2 Å². The van der Waals surface area contributed by atoms with E-state index < -0.39 is 22.3 Å². The molecule has 0 unspecified atom stereocenters. The predicted octanol–water partition coefficient (Wildman–Crippen LogP) is 1.83. The molecular formula is C22H28F2N8O4S. The Morgan fingerprint density at radius 3 is 2.41 bits per heavy atom. The van der Waals surface area contributed by atoms with Crippen molar-refractivity contribution < 1.29 is 26.7 Å². The van der Waals surface area contributed by atoms with Gasteiger partial charge >= 0.3 is 0 Å². The molecule has 4 heterocycles. The molecule has 1 aromatic carbocycles. The number of piperidine rings is 1. The number of methoxy groups -OCH3 is 1. The van der Waals surface area contributed by atoms with Crippen LogP contribution in [0.2, 0.25) is 0 Å². The lowest BCUT2D eigenvalue weighted by molar-refractivity contribution is 0.122. The molecule has 15 heteroatoms. The number of ether oxygens (including phenoxy) is 2. The molecule has 2 saturated heterocycles. The smallest absolute Gasteiger partial charge is 0.296 e. The standard InChI is InChI=1S/C22H28F2N8O4S/c1-35-16-5-3-4-15-17(16)26-19(18(23)24)32(15)22-28-20(27-21(29-22)30-10-12-36-13-11-30)25-14-6-8-31(9-7-14)37(2,33)34/h3-5,14,18H,6-13H2,1-2H3,(H,25,27,28,29). The molecule has 0 radical (unpaired) electrons. The van der Waals surface area contributed by atoms with Crippen molar-refractivity contribution >= 4 is 33.0 Å². The van der Waals surface area contributed by atoms with Crippen molar-refractivity contribution in [2.75, 3.05) is 63.0 Å². The van der Waals surface area contributed by atoms with Crippen molar-refractivity contribution in [3.05, 3.63) is 24.0 Å². The fourth-order valence-corrected chi connectivity index (χ4v) is 5.42. The third-order valence-corrected chi connectivity index (χ3v) is 7.75. The van der Waals surface area contributed by atoms with Gasteiger partial charge in [-0.25, -0.2) is 26.5 Å². The fraction of sp³-hybridized carbons (Fsp3) is 0.545. The summed E-state index contributed by atoms with van der Waals surface area (Å²) >= 11 is 0. The molecule has 3 aromatic rings. The molecule has 37 heavy (non-hydrogen) atoms. The number of fused-ring (bicyclic) bond motifs is 1. The number of halogens is 2. The van der Waals surface area contributed by atoms with Crippen LogP contribution in [0.1, 0.15) is 25.1 Å². The molecule has 0 saturated carbocycles. The van der Waals surface area contributed by atoms with Crippen LogP contribution >= 0.6 is 0 Å². The highest BCUT2D eigenvalue weighted by atomic mass is 32.2. The van der Waals surface area contributed by atoms with E-state index in [-0.39, 0.29) is 23.5 Å². The number of rotatable bonds is 7. The lowest BCUT2D eigenvalue weighted by atomic mass is 10.1. The average molecular weight is 539 g/mol. The maximum atomic E-state index is 14.2. The molecule has 1 N–H and O–H groups in total. The van der Waals surface area contributed by atoms with Crippen LogP contribution in [0.3, 0.4) is 0 Å². The highest BCUT2D eigenvalue weighted by Crippen LogP contribution is 2.32. The van der Waals surface area contributed by atoms with Crippen molar-refractivity contribution in [1.82, 2.24) is 28.8 Å². The first-order valence-electron chi connectivity index (χ1n) is 11.9. The van der Waals surface area contributed by atoms with E-state index in [4.69, 9.17) is 9.47 Å². The first-order valence-corrected chi connectivity index (χ1v) is 13.7. The number of anilines is 2. The summed E-state index contributed by atoms with van der Waals surface area (Å²) in [6.07, 6.45) is -0.598. The summed E-state index contributed by atoms with van der Waals surface area (Å²) in [4.78, 5) is 19.7. The van der Waals surface area contributed by atoms with Crippen LogP contribution < -0.4 is 15.0 Å². The van der Waals surface area contributed by atoms with Gasteiger partial charge in [-0.2, -0.15) is 15.0 Å². The van der Waals surface area contributed by atoms with Crippen molar-refractivity contribution in [2.24, 2.45) is 0 Å². The normalized spacial score (nSPS) is 18.0. The number of morpholine rings is 1. The summed E-state index contributed by atoms with van der Waals surface area (Å²) in [7, 11) is -1.81. The van der Waals surface area contributed by atoms with Crippen LogP contribution in [0.5, 0.6) is 5.75 Å². The second-order valence-corrected chi connectivity index (χ2v) is 10.9.